The van der Waals surface area contributed by atoms with E-state index in [0.717, 1.165) is 38.9 Å². The largest absolute Gasteiger partial charge is 0.366 e. The zero-order valence-electron chi connectivity index (χ0n) is 20.9. The highest BCUT2D eigenvalue weighted by atomic mass is 32.1. The van der Waals surface area contributed by atoms with Crippen LogP contribution in [0.15, 0.2) is 72.2 Å². The second-order valence-electron chi connectivity index (χ2n) is 8.75. The van der Waals surface area contributed by atoms with Gasteiger partial charge >= 0.3 is 0 Å². The fourth-order valence-electron chi connectivity index (χ4n) is 4.54. The zero-order chi connectivity index (χ0) is 27.5. The van der Waals surface area contributed by atoms with Crippen LogP contribution in [0.4, 0.5) is 5.69 Å². The molecular weight excluding hydrogens is 510 g/mol. The summed E-state index contributed by atoms with van der Waals surface area (Å²) in [5.74, 6) is 0.710. The number of rotatable bonds is 7. The number of amides is 3. The molecule has 5 N–H and O–H groups in total. The number of terminal acetylenes is 1. The molecular formula is C30H23N5O3S. The molecule has 3 aromatic carbocycles. The molecule has 192 valence electrons. The van der Waals surface area contributed by atoms with E-state index in [-0.39, 0.29) is 12.5 Å². The Morgan fingerprint density at radius 1 is 1.05 bits per heavy atom. The topological polar surface area (TPSA) is 130 Å². The first kappa shape index (κ1) is 25.4. The van der Waals surface area contributed by atoms with E-state index in [1.807, 2.05) is 61.5 Å². The molecule has 0 saturated carbocycles. The first-order valence-electron chi connectivity index (χ1n) is 12.0. The number of primary amides is 1. The van der Waals surface area contributed by atoms with Gasteiger partial charge in [-0.3, -0.25) is 14.4 Å². The van der Waals surface area contributed by atoms with Crippen LogP contribution in [0.25, 0.3) is 33.3 Å². The monoisotopic (exact) mass is 533 g/mol. The van der Waals surface area contributed by atoms with Gasteiger partial charge in [0.05, 0.1) is 11.1 Å². The van der Waals surface area contributed by atoms with Crippen LogP contribution in [-0.2, 0) is 11.3 Å². The van der Waals surface area contributed by atoms with Crippen LogP contribution in [-0.4, -0.2) is 27.7 Å². The number of nitrogens with two attached hydrogens (primary N) is 1. The van der Waals surface area contributed by atoms with E-state index in [4.69, 9.17) is 12.2 Å². The van der Waals surface area contributed by atoms with Gasteiger partial charge in [0, 0.05) is 40.5 Å². The van der Waals surface area contributed by atoms with Crippen molar-refractivity contribution in [1.29, 1.82) is 0 Å². The number of hydrogen-bond donors (Lipinski definition) is 4. The van der Waals surface area contributed by atoms with E-state index in [1.54, 1.807) is 17.6 Å². The minimum absolute atomic E-state index is 0.240. The maximum atomic E-state index is 12.7. The Morgan fingerprint density at radius 2 is 1.85 bits per heavy atom. The highest BCUT2D eigenvalue weighted by Crippen LogP contribution is 2.38. The van der Waals surface area contributed by atoms with Gasteiger partial charge < -0.3 is 21.4 Å². The van der Waals surface area contributed by atoms with Crippen molar-refractivity contribution in [1.82, 2.24) is 15.3 Å². The lowest BCUT2D eigenvalue weighted by atomic mass is 9.94. The number of H-pyrrole nitrogens is 1. The molecule has 2 heterocycles. The quantitative estimate of drug-likeness (QED) is 0.222. The molecule has 0 aliphatic rings. The van der Waals surface area contributed by atoms with E-state index >= 15 is 0 Å². The Kier molecular flexibility index (Phi) is 6.95. The normalized spacial score (nSPS) is 10.7. The molecule has 0 aliphatic heterocycles. The summed E-state index contributed by atoms with van der Waals surface area (Å²) in [6.45, 7) is 2.17. The smallest absolute Gasteiger partial charge is 0.295 e. The molecule has 0 spiro atoms. The molecule has 0 fully saturated rings. The number of anilines is 1. The average Bonchev–Trinajstić information content (AvgIpc) is 3.63. The molecule has 39 heavy (non-hydrogen) atoms. The van der Waals surface area contributed by atoms with Gasteiger partial charge in [-0.2, -0.15) is 0 Å². The Morgan fingerprint density at radius 3 is 2.59 bits per heavy atom. The van der Waals surface area contributed by atoms with Crippen molar-refractivity contribution in [2.75, 3.05) is 5.32 Å². The number of carbonyl (C=O) groups is 3. The summed E-state index contributed by atoms with van der Waals surface area (Å²) in [7, 11) is 0. The summed E-state index contributed by atoms with van der Waals surface area (Å²) < 4.78 is 0. The SMILES string of the molecule is C#CC(=O)NCc1ccccc1-c1cc2c(-c3cccc(NC(=O)c4nccs4)c3C)ccc(C(N)=O)c2[nH]1. The number of hydrogen-bond acceptors (Lipinski definition) is 5. The number of aromatic nitrogens is 2. The van der Waals surface area contributed by atoms with Gasteiger partial charge in [-0.15, -0.1) is 17.8 Å². The summed E-state index contributed by atoms with van der Waals surface area (Å²) in [5.41, 5.74) is 12.4. The standard InChI is InChI=1S/C30H23N5O3S/c1-3-26(36)33-16-18-7-4-5-8-20(18)25-15-23-21(11-12-22(28(31)37)27(23)34-25)19-9-6-10-24(17(19)2)35-29(38)30-32-13-14-39-30/h1,4-15,34H,16H2,2H3,(H2,31,37)(H,33,36)(H,35,38). The van der Waals surface area contributed by atoms with Gasteiger partial charge in [-0.05, 0) is 53.3 Å². The van der Waals surface area contributed by atoms with Crippen molar-refractivity contribution < 1.29 is 14.4 Å². The molecule has 0 saturated heterocycles. The van der Waals surface area contributed by atoms with Crippen molar-refractivity contribution in [3.63, 3.8) is 0 Å². The van der Waals surface area contributed by atoms with Crippen LogP contribution in [0.2, 0.25) is 0 Å². The summed E-state index contributed by atoms with van der Waals surface area (Å²) in [6.07, 6.45) is 6.78. The fourth-order valence-corrected chi connectivity index (χ4v) is 5.07. The molecule has 5 rings (SSSR count). The first-order valence-corrected chi connectivity index (χ1v) is 12.8. The van der Waals surface area contributed by atoms with Crippen molar-refractivity contribution >= 4 is 45.6 Å². The number of nitrogens with one attached hydrogen (secondary N) is 3. The van der Waals surface area contributed by atoms with Crippen LogP contribution < -0.4 is 16.4 Å². The Labute approximate surface area is 228 Å². The molecule has 5 aromatic rings. The summed E-state index contributed by atoms with van der Waals surface area (Å²) >= 11 is 1.27. The number of benzene rings is 3. The van der Waals surface area contributed by atoms with Crippen LogP contribution >= 0.6 is 11.3 Å². The second kappa shape index (κ2) is 10.7. The number of aromatic amines is 1. The molecule has 3 amide bonds. The van der Waals surface area contributed by atoms with Crippen molar-refractivity contribution in [2.24, 2.45) is 5.73 Å². The fraction of sp³-hybridized carbons (Fsp3) is 0.0667. The predicted octanol–water partition coefficient (Wildman–Crippen LogP) is 4.87. The first-order chi connectivity index (χ1) is 18.9. The molecule has 0 radical (unpaired) electrons. The highest BCUT2D eigenvalue weighted by Gasteiger charge is 2.19. The van der Waals surface area contributed by atoms with Gasteiger partial charge in [0.25, 0.3) is 17.7 Å². The summed E-state index contributed by atoms with van der Waals surface area (Å²) in [5, 5.41) is 8.56. The number of fused-ring (bicyclic) bond motifs is 1. The molecule has 0 bridgehead atoms. The lowest BCUT2D eigenvalue weighted by Crippen LogP contribution is -2.20. The van der Waals surface area contributed by atoms with Gasteiger partial charge in [0.1, 0.15) is 0 Å². The molecule has 0 unspecified atom stereocenters. The molecule has 8 nitrogen and oxygen atoms in total. The van der Waals surface area contributed by atoms with Crippen molar-refractivity contribution in [2.45, 2.75) is 13.5 Å². The molecule has 2 aromatic heterocycles. The highest BCUT2D eigenvalue weighted by molar-refractivity contribution is 7.11. The summed E-state index contributed by atoms with van der Waals surface area (Å²) in [4.78, 5) is 44.1. The van der Waals surface area contributed by atoms with Crippen molar-refractivity contribution in [3.8, 4) is 34.7 Å². The van der Waals surface area contributed by atoms with Gasteiger partial charge in [0.15, 0.2) is 5.01 Å². The van der Waals surface area contributed by atoms with Gasteiger partial charge in [-0.1, -0.05) is 42.5 Å². The molecule has 0 aliphatic carbocycles. The van der Waals surface area contributed by atoms with Crippen molar-refractivity contribution in [3.05, 3.63) is 93.9 Å². The Hall–Kier alpha value is -5.20. The zero-order valence-corrected chi connectivity index (χ0v) is 21.7. The lowest BCUT2D eigenvalue weighted by molar-refractivity contribution is -0.115. The third kappa shape index (κ3) is 5.01. The number of thiazole rings is 1. The minimum atomic E-state index is -0.560. The van der Waals surface area contributed by atoms with E-state index in [1.165, 1.54) is 11.3 Å². The van der Waals surface area contributed by atoms with E-state index in [0.29, 0.717) is 21.8 Å². The molecule has 0 atom stereocenters. The van der Waals surface area contributed by atoms with Crippen LogP contribution in [0.5, 0.6) is 0 Å². The second-order valence-corrected chi connectivity index (χ2v) is 9.64. The predicted molar refractivity (Wildman–Crippen MR) is 153 cm³/mol. The van der Waals surface area contributed by atoms with E-state index in [9.17, 15) is 14.4 Å². The van der Waals surface area contributed by atoms with Crippen LogP contribution in [0.3, 0.4) is 0 Å². The van der Waals surface area contributed by atoms with E-state index < -0.39 is 11.8 Å². The van der Waals surface area contributed by atoms with Crippen LogP contribution in [0.1, 0.15) is 31.3 Å². The average molecular weight is 534 g/mol. The summed E-state index contributed by atoms with van der Waals surface area (Å²) in [6, 6.07) is 18.8. The maximum Gasteiger partial charge on any atom is 0.295 e. The molecule has 9 heteroatoms. The van der Waals surface area contributed by atoms with E-state index in [2.05, 4.69) is 26.5 Å². The number of carbonyl (C=O) groups excluding carboxylic acids is 3. The Bertz CT molecular complexity index is 1780. The van der Waals surface area contributed by atoms with Crippen LogP contribution in [0, 0.1) is 19.3 Å². The van der Waals surface area contributed by atoms with Gasteiger partial charge in [-0.25, -0.2) is 4.98 Å². The third-order valence-electron chi connectivity index (χ3n) is 6.44. The third-order valence-corrected chi connectivity index (χ3v) is 7.21. The Balaban J connectivity index is 1.61. The number of nitrogens with zero attached hydrogens (tertiary/aromatic N) is 1. The lowest BCUT2D eigenvalue weighted by Gasteiger charge is -2.14. The maximum absolute atomic E-state index is 12.7. The minimum Gasteiger partial charge on any atom is -0.366 e. The van der Waals surface area contributed by atoms with Gasteiger partial charge in [0.2, 0.25) is 0 Å².